The maximum absolute atomic E-state index is 12.3. The Kier molecular flexibility index (Phi) is 3.17. The Morgan fingerprint density at radius 1 is 1.25 bits per heavy atom. The van der Waals surface area contributed by atoms with Gasteiger partial charge in [-0.1, -0.05) is 0 Å². The molecular formula is C7H7F6N3. The molecule has 0 aliphatic carbocycles. The van der Waals surface area contributed by atoms with E-state index in [0.717, 1.165) is 0 Å². The van der Waals surface area contributed by atoms with Gasteiger partial charge in [0.2, 0.25) is 0 Å². The first-order chi connectivity index (χ1) is 7.16. The number of aromatic nitrogens is 2. The largest absolute Gasteiger partial charge is 0.419 e. The second-order valence-electron chi connectivity index (χ2n) is 3.00. The van der Waals surface area contributed by atoms with E-state index in [1.165, 1.54) is 0 Å². The smallest absolute Gasteiger partial charge is 0.328 e. The Morgan fingerprint density at radius 2 is 1.81 bits per heavy atom. The van der Waals surface area contributed by atoms with Gasteiger partial charge in [0, 0.05) is 12.7 Å². The number of rotatable bonds is 2. The summed E-state index contributed by atoms with van der Waals surface area (Å²) in [5, 5.41) is 3.02. The molecule has 2 N–H and O–H groups in total. The van der Waals surface area contributed by atoms with Crippen molar-refractivity contribution in [3.05, 3.63) is 18.0 Å². The first-order valence-electron chi connectivity index (χ1n) is 4.04. The molecule has 0 radical (unpaired) electrons. The van der Waals surface area contributed by atoms with Crippen LogP contribution in [0.25, 0.3) is 0 Å². The fraction of sp³-hybridized carbons (Fsp3) is 0.571. The minimum absolute atomic E-state index is 0.169. The van der Waals surface area contributed by atoms with E-state index < -0.39 is 30.5 Å². The lowest BCUT2D eigenvalue weighted by atomic mass is 10.3. The van der Waals surface area contributed by atoms with E-state index >= 15 is 0 Å². The van der Waals surface area contributed by atoms with E-state index in [9.17, 15) is 26.3 Å². The molecule has 1 aromatic rings. The van der Waals surface area contributed by atoms with Crippen molar-refractivity contribution < 1.29 is 26.3 Å². The number of nitrogens with two attached hydrogens (primary N) is 1. The van der Waals surface area contributed by atoms with E-state index in [4.69, 9.17) is 5.73 Å². The van der Waals surface area contributed by atoms with Crippen LogP contribution in [-0.4, -0.2) is 22.5 Å². The number of halogens is 6. The summed E-state index contributed by atoms with van der Waals surface area (Å²) in [4.78, 5) is 0. The van der Waals surface area contributed by atoms with Gasteiger partial charge >= 0.3 is 12.4 Å². The van der Waals surface area contributed by atoms with E-state index in [0.29, 0.717) is 6.20 Å². The van der Waals surface area contributed by atoms with Crippen LogP contribution in [0.4, 0.5) is 26.3 Å². The minimum atomic E-state index is -4.73. The van der Waals surface area contributed by atoms with Crippen LogP contribution in [0.1, 0.15) is 11.6 Å². The molecule has 0 amide bonds. The Labute approximate surface area is 85.8 Å². The van der Waals surface area contributed by atoms with Crippen molar-refractivity contribution in [3.63, 3.8) is 0 Å². The Balaban J connectivity index is 3.01. The molecule has 1 heterocycles. The Bertz CT molecular complexity index is 352. The van der Waals surface area contributed by atoms with Gasteiger partial charge in [0.15, 0.2) is 6.04 Å². The van der Waals surface area contributed by atoms with Crippen LogP contribution >= 0.6 is 0 Å². The van der Waals surface area contributed by atoms with Crippen molar-refractivity contribution in [1.29, 1.82) is 0 Å². The molecular weight excluding hydrogens is 240 g/mol. The molecule has 0 saturated carbocycles. The first kappa shape index (κ1) is 12.8. The summed E-state index contributed by atoms with van der Waals surface area (Å²) in [5.41, 5.74) is 3.61. The van der Waals surface area contributed by atoms with Gasteiger partial charge in [-0.15, -0.1) is 0 Å². The highest BCUT2D eigenvalue weighted by Gasteiger charge is 2.42. The summed E-state index contributed by atoms with van der Waals surface area (Å²) in [6, 6.07) is -2.25. The van der Waals surface area contributed by atoms with Crippen LogP contribution in [0, 0.1) is 0 Å². The molecule has 0 aromatic carbocycles. The van der Waals surface area contributed by atoms with Crippen molar-refractivity contribution in [2.45, 2.75) is 18.4 Å². The summed E-state index contributed by atoms with van der Waals surface area (Å²) in [5.74, 6) is 0. The van der Waals surface area contributed by atoms with Gasteiger partial charge in [-0.05, 0) is 0 Å². The zero-order chi connectivity index (χ0) is 12.6. The molecule has 1 rings (SSSR count). The van der Waals surface area contributed by atoms with Gasteiger partial charge in [-0.2, -0.15) is 31.4 Å². The molecule has 9 heteroatoms. The van der Waals surface area contributed by atoms with E-state index in [2.05, 4.69) is 5.10 Å². The third kappa shape index (κ3) is 2.65. The molecule has 1 aromatic heterocycles. The van der Waals surface area contributed by atoms with Gasteiger partial charge in [-0.25, -0.2) is 0 Å². The first-order valence-corrected chi connectivity index (χ1v) is 4.04. The van der Waals surface area contributed by atoms with Crippen LogP contribution in [0.2, 0.25) is 0 Å². The fourth-order valence-electron chi connectivity index (χ4n) is 1.05. The summed E-state index contributed by atoms with van der Waals surface area (Å²) in [6.45, 7) is -0.873. The van der Waals surface area contributed by atoms with Gasteiger partial charge in [-0.3, -0.25) is 4.68 Å². The molecule has 0 aliphatic rings. The molecule has 0 saturated heterocycles. The van der Waals surface area contributed by atoms with Crippen molar-refractivity contribution in [1.82, 2.24) is 9.78 Å². The molecule has 1 unspecified atom stereocenters. The van der Waals surface area contributed by atoms with E-state index in [-0.39, 0.29) is 10.9 Å². The predicted molar refractivity (Wildman–Crippen MR) is 41.4 cm³/mol. The normalized spacial score (nSPS) is 15.2. The summed E-state index contributed by atoms with van der Waals surface area (Å²) >= 11 is 0. The molecule has 0 aliphatic heterocycles. The quantitative estimate of drug-likeness (QED) is 0.812. The molecule has 1 atom stereocenters. The highest BCUT2D eigenvalue weighted by atomic mass is 19.4. The number of hydrogen-bond donors (Lipinski definition) is 1. The highest BCUT2D eigenvalue weighted by Crippen LogP contribution is 2.32. The van der Waals surface area contributed by atoms with Crippen LogP contribution in [-0.2, 0) is 6.18 Å². The maximum Gasteiger partial charge on any atom is 0.419 e. The number of nitrogens with zero attached hydrogens (tertiary/aromatic N) is 2. The summed E-state index contributed by atoms with van der Waals surface area (Å²) < 4.78 is 73.3. The molecule has 16 heavy (non-hydrogen) atoms. The standard InChI is InChI=1S/C7H7F6N3/c8-6(9,10)4-2-15-16(3-4)5(1-14)7(11,12)13/h2-3,5H,1,14H2. The van der Waals surface area contributed by atoms with E-state index in [1.807, 2.05) is 0 Å². The zero-order valence-corrected chi connectivity index (χ0v) is 7.68. The van der Waals surface area contributed by atoms with Crippen molar-refractivity contribution in [3.8, 4) is 0 Å². The Hall–Kier alpha value is -1.25. The average Bonchev–Trinajstić information content (AvgIpc) is 2.50. The predicted octanol–water partition coefficient (Wildman–Crippen LogP) is 1.96. The lowest BCUT2D eigenvalue weighted by Crippen LogP contribution is -2.33. The maximum atomic E-state index is 12.3. The summed E-state index contributed by atoms with van der Waals surface area (Å²) in [6.07, 6.45) is -8.84. The van der Waals surface area contributed by atoms with Crippen LogP contribution < -0.4 is 5.73 Å². The van der Waals surface area contributed by atoms with Gasteiger partial charge < -0.3 is 5.73 Å². The molecule has 0 spiro atoms. The second-order valence-corrected chi connectivity index (χ2v) is 3.00. The third-order valence-corrected chi connectivity index (χ3v) is 1.85. The molecule has 0 fully saturated rings. The fourth-order valence-corrected chi connectivity index (χ4v) is 1.05. The monoisotopic (exact) mass is 247 g/mol. The van der Waals surface area contributed by atoms with Crippen LogP contribution in [0.3, 0.4) is 0 Å². The summed E-state index contributed by atoms with van der Waals surface area (Å²) in [7, 11) is 0. The SMILES string of the molecule is NCC(n1cc(C(F)(F)F)cn1)C(F)(F)F. The average molecular weight is 247 g/mol. The van der Waals surface area contributed by atoms with Crippen LogP contribution in [0.5, 0.6) is 0 Å². The van der Waals surface area contributed by atoms with Crippen molar-refractivity contribution in [2.24, 2.45) is 5.73 Å². The minimum Gasteiger partial charge on any atom is -0.328 e. The van der Waals surface area contributed by atoms with Crippen molar-refractivity contribution >= 4 is 0 Å². The topological polar surface area (TPSA) is 43.8 Å². The van der Waals surface area contributed by atoms with Gasteiger partial charge in [0.05, 0.1) is 11.8 Å². The van der Waals surface area contributed by atoms with Gasteiger partial charge in [0.25, 0.3) is 0 Å². The van der Waals surface area contributed by atoms with Crippen molar-refractivity contribution in [2.75, 3.05) is 6.54 Å². The lowest BCUT2D eigenvalue weighted by molar-refractivity contribution is -0.168. The second kappa shape index (κ2) is 3.96. The van der Waals surface area contributed by atoms with Crippen LogP contribution in [0.15, 0.2) is 12.4 Å². The van der Waals surface area contributed by atoms with E-state index in [1.54, 1.807) is 0 Å². The lowest BCUT2D eigenvalue weighted by Gasteiger charge is -2.18. The highest BCUT2D eigenvalue weighted by molar-refractivity contribution is 5.09. The zero-order valence-electron chi connectivity index (χ0n) is 7.68. The van der Waals surface area contributed by atoms with Gasteiger partial charge in [0.1, 0.15) is 0 Å². The molecule has 0 bridgehead atoms. The number of hydrogen-bond acceptors (Lipinski definition) is 2. The number of alkyl halides is 6. The molecule has 92 valence electrons. The molecule has 3 nitrogen and oxygen atoms in total. The third-order valence-electron chi connectivity index (χ3n) is 1.85. The Morgan fingerprint density at radius 3 is 2.12 bits per heavy atom.